The van der Waals surface area contributed by atoms with Crippen LogP contribution in [0.1, 0.15) is 11.1 Å². The highest BCUT2D eigenvalue weighted by atomic mass is 79.9. The molecule has 4 rings (SSSR count). The van der Waals surface area contributed by atoms with Crippen molar-refractivity contribution in [2.45, 2.75) is 0 Å². The van der Waals surface area contributed by atoms with Gasteiger partial charge in [-0.1, -0.05) is 46.3 Å². The van der Waals surface area contributed by atoms with Crippen LogP contribution in [0.4, 0.5) is 0 Å². The molecule has 0 spiro atoms. The first-order valence-electron chi connectivity index (χ1n) is 9.36. The molecule has 1 aliphatic rings. The summed E-state index contributed by atoms with van der Waals surface area (Å²) >= 11 is 3.39. The Bertz CT molecular complexity index is 1070. The van der Waals surface area contributed by atoms with Crippen LogP contribution >= 0.6 is 15.9 Å². The van der Waals surface area contributed by atoms with Gasteiger partial charge in [-0.05, 0) is 60.2 Å². The minimum absolute atomic E-state index is 0.269. The van der Waals surface area contributed by atoms with Crippen molar-refractivity contribution in [3.05, 3.63) is 100 Å². The molecule has 0 atom stereocenters. The van der Waals surface area contributed by atoms with Crippen LogP contribution in [0.25, 0.3) is 6.08 Å². The number of rotatable bonds is 7. The molecule has 0 radical (unpaired) electrons. The van der Waals surface area contributed by atoms with E-state index in [1.807, 2.05) is 78.9 Å². The van der Waals surface area contributed by atoms with Crippen molar-refractivity contribution < 1.29 is 19.0 Å². The van der Waals surface area contributed by atoms with E-state index >= 15 is 0 Å². The van der Waals surface area contributed by atoms with E-state index in [0.717, 1.165) is 27.1 Å². The highest BCUT2D eigenvalue weighted by molar-refractivity contribution is 9.10. The van der Waals surface area contributed by atoms with Crippen molar-refractivity contribution >= 4 is 33.9 Å². The van der Waals surface area contributed by atoms with Crippen LogP contribution in [0.3, 0.4) is 0 Å². The van der Waals surface area contributed by atoms with Gasteiger partial charge in [0.1, 0.15) is 24.7 Å². The Kier molecular flexibility index (Phi) is 6.25. The molecule has 3 aromatic carbocycles. The number of benzene rings is 3. The van der Waals surface area contributed by atoms with E-state index in [4.69, 9.17) is 14.2 Å². The molecule has 0 saturated carbocycles. The summed E-state index contributed by atoms with van der Waals surface area (Å²) in [6.07, 6.45) is 1.69. The lowest BCUT2D eigenvalue weighted by Gasteiger charge is -2.08. The number of hydrogen-bond acceptors (Lipinski definition) is 5. The van der Waals surface area contributed by atoms with Crippen molar-refractivity contribution in [2.75, 3.05) is 13.2 Å². The SMILES string of the molecule is O=C1OC(c2ccccc2)=NC1=Cc1ccc(OCCOc2ccc(Br)cc2)cc1. The first kappa shape index (κ1) is 19.9. The lowest BCUT2D eigenvalue weighted by Crippen LogP contribution is -2.08. The summed E-state index contributed by atoms with van der Waals surface area (Å²) in [6.45, 7) is 0.865. The monoisotopic (exact) mass is 463 g/mol. The molecule has 6 heteroatoms. The molecule has 1 heterocycles. The number of hydrogen-bond donors (Lipinski definition) is 0. The third kappa shape index (κ3) is 5.15. The highest BCUT2D eigenvalue weighted by Gasteiger charge is 2.23. The van der Waals surface area contributed by atoms with Crippen molar-refractivity contribution in [3.8, 4) is 11.5 Å². The lowest BCUT2D eigenvalue weighted by atomic mass is 10.2. The highest BCUT2D eigenvalue weighted by Crippen LogP contribution is 2.21. The maximum Gasteiger partial charge on any atom is 0.363 e. The summed E-state index contributed by atoms with van der Waals surface area (Å²) in [7, 11) is 0. The summed E-state index contributed by atoms with van der Waals surface area (Å²) in [5.74, 6) is 1.37. The maximum atomic E-state index is 12.1. The third-order valence-corrected chi connectivity index (χ3v) is 4.79. The van der Waals surface area contributed by atoms with Gasteiger partial charge in [0, 0.05) is 10.0 Å². The van der Waals surface area contributed by atoms with E-state index in [2.05, 4.69) is 20.9 Å². The molecule has 0 aliphatic carbocycles. The Hall–Kier alpha value is -3.38. The molecule has 0 fully saturated rings. The van der Waals surface area contributed by atoms with E-state index in [0.29, 0.717) is 19.1 Å². The van der Waals surface area contributed by atoms with Crippen molar-refractivity contribution in [1.82, 2.24) is 0 Å². The number of cyclic esters (lactones) is 1. The van der Waals surface area contributed by atoms with Gasteiger partial charge in [0.2, 0.25) is 5.90 Å². The van der Waals surface area contributed by atoms with Crippen LogP contribution in [0.5, 0.6) is 11.5 Å². The van der Waals surface area contributed by atoms with Gasteiger partial charge in [0.15, 0.2) is 5.70 Å². The third-order valence-electron chi connectivity index (χ3n) is 4.26. The van der Waals surface area contributed by atoms with Crippen LogP contribution in [0, 0.1) is 0 Å². The molecule has 0 amide bonds. The van der Waals surface area contributed by atoms with Gasteiger partial charge in [-0.15, -0.1) is 0 Å². The number of carbonyl (C=O) groups excluding carboxylic acids is 1. The Morgan fingerprint density at radius 3 is 2.07 bits per heavy atom. The van der Waals surface area contributed by atoms with Crippen molar-refractivity contribution in [1.29, 1.82) is 0 Å². The van der Waals surface area contributed by atoms with Crippen LogP contribution < -0.4 is 9.47 Å². The zero-order valence-electron chi connectivity index (χ0n) is 16.0. The molecular weight excluding hydrogens is 446 g/mol. The second kappa shape index (κ2) is 9.41. The van der Waals surface area contributed by atoms with Gasteiger partial charge in [0.25, 0.3) is 0 Å². The average molecular weight is 464 g/mol. The van der Waals surface area contributed by atoms with E-state index in [1.165, 1.54) is 0 Å². The average Bonchev–Trinajstić information content (AvgIpc) is 3.14. The van der Waals surface area contributed by atoms with E-state index in [9.17, 15) is 4.79 Å². The molecule has 3 aromatic rings. The van der Waals surface area contributed by atoms with Gasteiger partial charge in [-0.3, -0.25) is 0 Å². The van der Waals surface area contributed by atoms with Gasteiger partial charge < -0.3 is 14.2 Å². The van der Waals surface area contributed by atoms with Crippen LogP contribution in [-0.2, 0) is 9.53 Å². The Morgan fingerprint density at radius 2 is 1.43 bits per heavy atom. The van der Waals surface area contributed by atoms with Gasteiger partial charge in [-0.25, -0.2) is 9.79 Å². The number of aliphatic imine (C=N–C) groups is 1. The standard InChI is InChI=1S/C24H18BrNO4/c25-19-8-12-21(13-9-19)29-15-14-28-20-10-6-17(7-11-20)16-22-24(27)30-23(26-22)18-4-2-1-3-5-18/h1-13,16H,14-15H2. The summed E-state index contributed by atoms with van der Waals surface area (Å²) in [4.78, 5) is 16.4. The molecule has 30 heavy (non-hydrogen) atoms. The molecule has 0 bridgehead atoms. The smallest absolute Gasteiger partial charge is 0.363 e. The Labute approximate surface area is 182 Å². The topological polar surface area (TPSA) is 57.1 Å². The first-order valence-corrected chi connectivity index (χ1v) is 10.2. The number of esters is 1. The van der Waals surface area contributed by atoms with Gasteiger partial charge in [-0.2, -0.15) is 0 Å². The minimum Gasteiger partial charge on any atom is -0.490 e. The fourth-order valence-corrected chi connectivity index (χ4v) is 3.05. The van der Waals surface area contributed by atoms with E-state index in [-0.39, 0.29) is 5.70 Å². The summed E-state index contributed by atoms with van der Waals surface area (Å²) < 4.78 is 17.6. The maximum absolute atomic E-state index is 12.1. The van der Waals surface area contributed by atoms with E-state index < -0.39 is 5.97 Å². The van der Waals surface area contributed by atoms with Gasteiger partial charge in [0.05, 0.1) is 0 Å². The number of ether oxygens (including phenoxy) is 3. The Balaban J connectivity index is 1.32. The zero-order chi connectivity index (χ0) is 20.8. The van der Waals surface area contributed by atoms with Crippen LogP contribution in [0.15, 0.2) is 94.0 Å². The number of halogens is 1. The number of nitrogens with zero attached hydrogens (tertiary/aromatic N) is 1. The second-order valence-electron chi connectivity index (χ2n) is 6.42. The predicted molar refractivity (Wildman–Crippen MR) is 119 cm³/mol. The molecule has 5 nitrogen and oxygen atoms in total. The molecule has 0 aromatic heterocycles. The molecule has 0 saturated heterocycles. The second-order valence-corrected chi connectivity index (χ2v) is 7.34. The van der Waals surface area contributed by atoms with E-state index in [1.54, 1.807) is 6.08 Å². The molecule has 150 valence electrons. The predicted octanol–water partition coefficient (Wildman–Crippen LogP) is 5.25. The van der Waals surface area contributed by atoms with Gasteiger partial charge >= 0.3 is 5.97 Å². The summed E-state index contributed by atoms with van der Waals surface area (Å²) in [5, 5.41) is 0. The van der Waals surface area contributed by atoms with Crippen LogP contribution in [0.2, 0.25) is 0 Å². The summed E-state index contributed by atoms with van der Waals surface area (Å²) in [6, 6.07) is 24.4. The molecule has 0 unspecified atom stereocenters. The first-order chi connectivity index (χ1) is 14.7. The molecule has 1 aliphatic heterocycles. The summed E-state index contributed by atoms with van der Waals surface area (Å²) in [5.41, 5.74) is 1.87. The fourth-order valence-electron chi connectivity index (χ4n) is 2.78. The lowest BCUT2D eigenvalue weighted by molar-refractivity contribution is -0.129. The number of carbonyl (C=O) groups is 1. The largest absolute Gasteiger partial charge is 0.490 e. The minimum atomic E-state index is -0.459. The normalized spacial score (nSPS) is 14.4. The van der Waals surface area contributed by atoms with Crippen molar-refractivity contribution in [2.24, 2.45) is 4.99 Å². The molecular formula is C24H18BrNO4. The van der Waals surface area contributed by atoms with Crippen LogP contribution in [-0.4, -0.2) is 25.1 Å². The molecule has 0 N–H and O–H groups in total. The quantitative estimate of drug-likeness (QED) is 0.272. The van der Waals surface area contributed by atoms with Crippen molar-refractivity contribution in [3.63, 3.8) is 0 Å². The zero-order valence-corrected chi connectivity index (χ0v) is 17.5. The Morgan fingerprint density at radius 1 is 0.833 bits per heavy atom. The fraction of sp³-hybridized carbons (Fsp3) is 0.0833.